The number of hydrogen-bond donors (Lipinski definition) is 1. The summed E-state index contributed by atoms with van der Waals surface area (Å²) < 4.78 is 38.8. The van der Waals surface area contributed by atoms with Gasteiger partial charge in [-0.15, -0.1) is 0 Å². The summed E-state index contributed by atoms with van der Waals surface area (Å²) in [4.78, 5) is 34.6. The van der Waals surface area contributed by atoms with Crippen molar-refractivity contribution in [2.24, 2.45) is 0 Å². The van der Waals surface area contributed by atoms with Crippen LogP contribution >= 0.6 is 0 Å². The van der Waals surface area contributed by atoms with Gasteiger partial charge in [0.2, 0.25) is 0 Å². The maximum atomic E-state index is 12.3. The van der Waals surface area contributed by atoms with E-state index in [4.69, 9.17) is 9.47 Å². The molecule has 1 amide bonds. The molecule has 11 heteroatoms. The number of halogens is 2. The first kappa shape index (κ1) is 21.5. The Labute approximate surface area is 163 Å². The first-order chi connectivity index (χ1) is 13.7. The third-order valence-corrected chi connectivity index (χ3v) is 3.60. The molecule has 0 fully saturated rings. The van der Waals surface area contributed by atoms with Gasteiger partial charge in [0.15, 0.2) is 6.10 Å². The highest BCUT2D eigenvalue weighted by Gasteiger charge is 2.21. The molecule has 0 aliphatic rings. The van der Waals surface area contributed by atoms with Crippen molar-refractivity contribution in [3.8, 4) is 11.5 Å². The maximum Gasteiger partial charge on any atom is 0.387 e. The topological polar surface area (TPSA) is 117 Å². The van der Waals surface area contributed by atoms with E-state index in [9.17, 15) is 28.5 Å². The van der Waals surface area contributed by atoms with E-state index in [2.05, 4.69) is 10.1 Å². The fourth-order valence-electron chi connectivity index (χ4n) is 2.21. The highest BCUT2D eigenvalue weighted by atomic mass is 19.3. The Kier molecular flexibility index (Phi) is 7.01. The van der Waals surface area contributed by atoms with Crippen molar-refractivity contribution in [1.82, 2.24) is 0 Å². The highest BCUT2D eigenvalue weighted by molar-refractivity contribution is 5.98. The molecule has 0 radical (unpaired) electrons. The first-order valence-corrected chi connectivity index (χ1v) is 8.10. The number of ether oxygens (including phenoxy) is 3. The fraction of sp³-hybridized carbons (Fsp3) is 0.222. The normalized spacial score (nSPS) is 11.5. The van der Waals surface area contributed by atoms with Gasteiger partial charge in [0, 0.05) is 6.07 Å². The number of methoxy groups -OCH3 is 1. The minimum atomic E-state index is -3.05. The number of rotatable bonds is 8. The van der Waals surface area contributed by atoms with Gasteiger partial charge in [-0.1, -0.05) is 6.07 Å². The van der Waals surface area contributed by atoms with Gasteiger partial charge in [-0.25, -0.2) is 4.79 Å². The van der Waals surface area contributed by atoms with E-state index in [1.807, 2.05) is 0 Å². The number of alkyl halides is 2. The second-order valence-electron chi connectivity index (χ2n) is 5.58. The Morgan fingerprint density at radius 2 is 1.90 bits per heavy atom. The molecule has 0 aliphatic heterocycles. The lowest BCUT2D eigenvalue weighted by molar-refractivity contribution is -0.384. The zero-order chi connectivity index (χ0) is 21.6. The Hall–Kier alpha value is -3.76. The summed E-state index contributed by atoms with van der Waals surface area (Å²) in [5, 5.41) is 13.2. The molecule has 2 aromatic rings. The van der Waals surface area contributed by atoms with E-state index >= 15 is 0 Å². The van der Waals surface area contributed by atoms with Gasteiger partial charge >= 0.3 is 12.6 Å². The zero-order valence-corrected chi connectivity index (χ0v) is 15.3. The number of nitrogens with zero attached hydrogens (tertiary/aromatic N) is 1. The summed E-state index contributed by atoms with van der Waals surface area (Å²) in [5.74, 6) is -1.85. The molecule has 0 spiro atoms. The number of carbonyl (C=O) groups is 2. The van der Waals surface area contributed by atoms with Crippen LogP contribution in [-0.4, -0.2) is 36.6 Å². The lowest BCUT2D eigenvalue weighted by Crippen LogP contribution is -2.30. The molecule has 154 valence electrons. The van der Waals surface area contributed by atoms with E-state index in [1.54, 1.807) is 0 Å². The van der Waals surface area contributed by atoms with E-state index < -0.39 is 29.5 Å². The lowest BCUT2D eigenvalue weighted by atomic mass is 10.2. The second kappa shape index (κ2) is 9.44. The number of non-ortho nitro benzene ring substituents is 1. The van der Waals surface area contributed by atoms with Crippen molar-refractivity contribution < 1.29 is 37.5 Å². The Morgan fingerprint density at radius 1 is 1.17 bits per heavy atom. The van der Waals surface area contributed by atoms with Gasteiger partial charge < -0.3 is 19.5 Å². The van der Waals surface area contributed by atoms with E-state index in [0.717, 1.165) is 12.1 Å². The fourth-order valence-corrected chi connectivity index (χ4v) is 2.21. The number of hydrogen-bond acceptors (Lipinski definition) is 7. The molecule has 2 rings (SSSR count). The summed E-state index contributed by atoms with van der Waals surface area (Å²) in [6, 6.07) is 8.49. The summed E-state index contributed by atoms with van der Waals surface area (Å²) in [5.41, 5.74) is -0.181. The predicted molar refractivity (Wildman–Crippen MR) is 96.2 cm³/mol. The molecule has 0 unspecified atom stereocenters. The number of amides is 1. The molecular formula is C18H16F2N2O7. The van der Waals surface area contributed by atoms with Crippen LogP contribution in [0.15, 0.2) is 42.5 Å². The van der Waals surface area contributed by atoms with Crippen molar-refractivity contribution in [3.63, 3.8) is 0 Å². The number of nitrogens with one attached hydrogen (secondary N) is 1. The van der Waals surface area contributed by atoms with Crippen LogP contribution in [0, 0.1) is 10.1 Å². The standard InChI is InChI=1S/C18H16F2N2O7/c1-10(28-17(24)11-4-3-5-13(8-11)29-18(19)20)16(23)21-14-7-6-12(22(25)26)9-15(14)27-2/h3-10,18H,1-2H3,(H,21,23)/t10-/m1/s1. The molecule has 0 saturated heterocycles. The monoisotopic (exact) mass is 410 g/mol. The Morgan fingerprint density at radius 3 is 2.52 bits per heavy atom. The number of nitro benzene ring substituents is 1. The van der Waals surface area contributed by atoms with Gasteiger partial charge in [-0.05, 0) is 31.2 Å². The highest BCUT2D eigenvalue weighted by Crippen LogP contribution is 2.29. The maximum absolute atomic E-state index is 12.3. The van der Waals surface area contributed by atoms with Crippen LogP contribution in [-0.2, 0) is 9.53 Å². The molecule has 9 nitrogen and oxygen atoms in total. The molecule has 0 saturated carbocycles. The van der Waals surface area contributed by atoms with Crippen LogP contribution in [0.5, 0.6) is 11.5 Å². The van der Waals surface area contributed by atoms with Gasteiger partial charge in [-0.2, -0.15) is 8.78 Å². The van der Waals surface area contributed by atoms with Crippen LogP contribution in [0.25, 0.3) is 0 Å². The van der Waals surface area contributed by atoms with Crippen LogP contribution < -0.4 is 14.8 Å². The summed E-state index contributed by atoms with van der Waals surface area (Å²) in [6.45, 7) is -1.76. The molecule has 1 N–H and O–H groups in total. The van der Waals surface area contributed by atoms with Crippen molar-refractivity contribution in [3.05, 3.63) is 58.1 Å². The summed E-state index contributed by atoms with van der Waals surface area (Å²) in [6.07, 6.45) is -1.26. The molecule has 0 bridgehead atoms. The molecule has 2 aromatic carbocycles. The van der Waals surface area contributed by atoms with E-state index in [0.29, 0.717) is 0 Å². The summed E-state index contributed by atoms with van der Waals surface area (Å²) >= 11 is 0. The number of benzene rings is 2. The third-order valence-electron chi connectivity index (χ3n) is 3.60. The number of nitro groups is 1. The second-order valence-corrected chi connectivity index (χ2v) is 5.58. The van der Waals surface area contributed by atoms with Crippen LogP contribution in [0.4, 0.5) is 20.2 Å². The number of anilines is 1. The van der Waals surface area contributed by atoms with Crippen molar-refractivity contribution in [1.29, 1.82) is 0 Å². The minimum absolute atomic E-state index is 0.0444. The smallest absolute Gasteiger partial charge is 0.387 e. The minimum Gasteiger partial charge on any atom is -0.494 e. The van der Waals surface area contributed by atoms with Gasteiger partial charge in [0.1, 0.15) is 11.5 Å². The lowest BCUT2D eigenvalue weighted by Gasteiger charge is -2.15. The first-order valence-electron chi connectivity index (χ1n) is 8.10. The number of carbonyl (C=O) groups excluding carboxylic acids is 2. The Bertz CT molecular complexity index is 921. The largest absolute Gasteiger partial charge is 0.494 e. The average molecular weight is 410 g/mol. The molecule has 0 aliphatic carbocycles. The quantitative estimate of drug-likeness (QED) is 0.403. The van der Waals surface area contributed by atoms with Gasteiger partial charge in [-0.3, -0.25) is 14.9 Å². The molecular weight excluding hydrogens is 394 g/mol. The predicted octanol–water partition coefficient (Wildman–Crippen LogP) is 3.39. The Balaban J connectivity index is 2.05. The van der Waals surface area contributed by atoms with E-state index in [-0.39, 0.29) is 28.4 Å². The molecule has 0 aromatic heterocycles. The number of esters is 1. The average Bonchev–Trinajstić information content (AvgIpc) is 2.67. The van der Waals surface area contributed by atoms with Gasteiger partial charge in [0.05, 0.1) is 29.4 Å². The molecule has 0 heterocycles. The molecule has 29 heavy (non-hydrogen) atoms. The SMILES string of the molecule is COc1cc([N+](=O)[O-])ccc1NC(=O)[C@@H](C)OC(=O)c1cccc(OC(F)F)c1. The third kappa shape index (κ3) is 5.86. The van der Waals surface area contributed by atoms with Gasteiger partial charge in [0.25, 0.3) is 11.6 Å². The molecule has 1 atom stereocenters. The van der Waals surface area contributed by atoms with Crippen LogP contribution in [0.1, 0.15) is 17.3 Å². The van der Waals surface area contributed by atoms with Crippen molar-refractivity contribution in [2.45, 2.75) is 19.6 Å². The van der Waals surface area contributed by atoms with Crippen molar-refractivity contribution in [2.75, 3.05) is 12.4 Å². The van der Waals surface area contributed by atoms with Crippen LogP contribution in [0.2, 0.25) is 0 Å². The summed E-state index contributed by atoms with van der Waals surface area (Å²) in [7, 11) is 1.27. The van der Waals surface area contributed by atoms with Crippen LogP contribution in [0.3, 0.4) is 0 Å². The zero-order valence-electron chi connectivity index (χ0n) is 15.3. The van der Waals surface area contributed by atoms with E-state index in [1.165, 1.54) is 44.4 Å². The van der Waals surface area contributed by atoms with Crippen molar-refractivity contribution >= 4 is 23.3 Å².